The Morgan fingerprint density at radius 3 is 2.64 bits per heavy atom. The Bertz CT molecular complexity index is 560. The quantitative estimate of drug-likeness (QED) is 0.856. The highest BCUT2D eigenvalue weighted by atomic mass is 16.8. The average Bonchev–Trinajstić information content (AvgIpc) is 3.10. The molecule has 0 bridgehead atoms. The van der Waals surface area contributed by atoms with Gasteiger partial charge in [-0.3, -0.25) is 0 Å². The van der Waals surface area contributed by atoms with Gasteiger partial charge in [0.05, 0.1) is 0 Å². The first kappa shape index (κ1) is 17.4. The molecule has 1 saturated carbocycles. The van der Waals surface area contributed by atoms with Crippen molar-refractivity contribution >= 4 is 0 Å². The number of benzene rings is 1. The fourth-order valence-corrected chi connectivity index (χ4v) is 4.26. The Morgan fingerprint density at radius 2 is 1.92 bits per heavy atom. The highest BCUT2D eigenvalue weighted by Crippen LogP contribution is 2.44. The lowest BCUT2D eigenvalue weighted by atomic mass is 9.94. The second-order valence-electron chi connectivity index (χ2n) is 7.70. The number of rotatable bonds is 5. The molecule has 1 aromatic carbocycles. The molecule has 2 N–H and O–H groups in total. The number of fused-ring (bicyclic) bond motifs is 1. The molecule has 25 heavy (non-hydrogen) atoms. The largest absolute Gasteiger partial charge is 0.387 e. The average molecular weight is 347 g/mol. The van der Waals surface area contributed by atoms with Crippen molar-refractivity contribution in [1.29, 1.82) is 0 Å². The van der Waals surface area contributed by atoms with Crippen LogP contribution in [-0.2, 0) is 20.6 Å². The van der Waals surface area contributed by atoms with Gasteiger partial charge in [-0.15, -0.1) is 0 Å². The predicted molar refractivity (Wildman–Crippen MR) is 94.1 cm³/mol. The Morgan fingerprint density at radius 1 is 1.16 bits per heavy atom. The zero-order chi connectivity index (χ0) is 17.3. The molecule has 1 aliphatic carbocycles. The van der Waals surface area contributed by atoms with Gasteiger partial charge in [0.2, 0.25) is 0 Å². The summed E-state index contributed by atoms with van der Waals surface area (Å²) in [6, 6.07) is 10.7. The summed E-state index contributed by atoms with van der Waals surface area (Å²) in [7, 11) is 0. The minimum Gasteiger partial charge on any atom is -0.387 e. The van der Waals surface area contributed by atoms with Gasteiger partial charge < -0.3 is 24.6 Å². The van der Waals surface area contributed by atoms with Crippen LogP contribution in [0.15, 0.2) is 30.3 Å². The second-order valence-corrected chi connectivity index (χ2v) is 7.70. The van der Waals surface area contributed by atoms with Crippen LogP contribution in [0, 0.1) is 0 Å². The topological polar surface area (TPSA) is 60.0 Å². The van der Waals surface area contributed by atoms with Crippen molar-refractivity contribution in [3.8, 4) is 0 Å². The standard InChI is InChI=1S/C20H29NO4/c1-14(12-15-8-4-2-5-9-15)21-13-16-17(22)18-19(23-16)25-20(24-18)10-6-3-7-11-20/h2,4-5,8-9,14,16-19,21-22H,3,6-7,10-13H2,1H3/t14?,16-,17+,18-,19-/m1/s1. The Balaban J connectivity index is 1.27. The van der Waals surface area contributed by atoms with Gasteiger partial charge >= 0.3 is 0 Å². The lowest BCUT2D eigenvalue weighted by Gasteiger charge is -2.33. The molecule has 0 aromatic heterocycles. The van der Waals surface area contributed by atoms with Crippen molar-refractivity contribution in [2.24, 2.45) is 0 Å². The van der Waals surface area contributed by atoms with E-state index in [9.17, 15) is 5.11 Å². The van der Waals surface area contributed by atoms with Crippen molar-refractivity contribution in [2.75, 3.05) is 6.54 Å². The van der Waals surface area contributed by atoms with Gasteiger partial charge in [0, 0.05) is 25.4 Å². The number of ether oxygens (including phenoxy) is 3. The van der Waals surface area contributed by atoms with E-state index in [1.807, 2.05) is 6.07 Å². The number of nitrogens with one attached hydrogen (secondary N) is 1. The summed E-state index contributed by atoms with van der Waals surface area (Å²) in [5, 5.41) is 14.1. The highest BCUT2D eigenvalue weighted by molar-refractivity contribution is 5.15. The van der Waals surface area contributed by atoms with Crippen LogP contribution in [0.3, 0.4) is 0 Å². The van der Waals surface area contributed by atoms with E-state index in [-0.39, 0.29) is 12.2 Å². The monoisotopic (exact) mass is 347 g/mol. The van der Waals surface area contributed by atoms with E-state index in [4.69, 9.17) is 14.2 Å². The normalized spacial score (nSPS) is 35.0. The zero-order valence-electron chi connectivity index (χ0n) is 14.9. The number of aliphatic hydroxyl groups is 1. The minimum absolute atomic E-state index is 0.283. The van der Waals surface area contributed by atoms with Crippen LogP contribution in [0.5, 0.6) is 0 Å². The molecule has 5 atom stereocenters. The van der Waals surface area contributed by atoms with Gasteiger partial charge in [-0.2, -0.15) is 0 Å². The lowest BCUT2D eigenvalue weighted by molar-refractivity contribution is -0.245. The van der Waals surface area contributed by atoms with Crippen molar-refractivity contribution in [2.45, 2.75) is 81.9 Å². The van der Waals surface area contributed by atoms with E-state index < -0.39 is 18.2 Å². The summed E-state index contributed by atoms with van der Waals surface area (Å²) in [6.07, 6.45) is 4.55. The van der Waals surface area contributed by atoms with E-state index in [2.05, 4.69) is 36.5 Å². The summed E-state index contributed by atoms with van der Waals surface area (Å²) >= 11 is 0. The lowest BCUT2D eigenvalue weighted by Crippen LogP contribution is -2.43. The van der Waals surface area contributed by atoms with Gasteiger partial charge in [0.15, 0.2) is 12.1 Å². The molecule has 4 rings (SSSR count). The van der Waals surface area contributed by atoms with E-state index in [1.165, 1.54) is 12.0 Å². The Labute approximate surface area is 149 Å². The fraction of sp³-hybridized carbons (Fsp3) is 0.700. The minimum atomic E-state index is -0.636. The number of hydrogen-bond donors (Lipinski definition) is 2. The molecule has 5 nitrogen and oxygen atoms in total. The predicted octanol–water partition coefficient (Wildman–Crippen LogP) is 2.37. The molecule has 3 fully saturated rings. The van der Waals surface area contributed by atoms with E-state index in [0.29, 0.717) is 12.6 Å². The van der Waals surface area contributed by atoms with E-state index in [1.54, 1.807) is 0 Å². The van der Waals surface area contributed by atoms with Crippen LogP contribution in [-0.4, -0.2) is 48.1 Å². The molecule has 0 radical (unpaired) electrons. The maximum Gasteiger partial charge on any atom is 0.190 e. The molecule has 5 heteroatoms. The molecule has 1 aromatic rings. The summed E-state index contributed by atoms with van der Waals surface area (Å²) in [6.45, 7) is 2.75. The van der Waals surface area contributed by atoms with Crippen LogP contribution in [0.2, 0.25) is 0 Å². The van der Waals surface area contributed by atoms with Crippen LogP contribution in [0.1, 0.15) is 44.6 Å². The molecule has 3 aliphatic rings. The third-order valence-corrected chi connectivity index (χ3v) is 5.64. The van der Waals surface area contributed by atoms with Crippen LogP contribution >= 0.6 is 0 Å². The smallest absolute Gasteiger partial charge is 0.190 e. The van der Waals surface area contributed by atoms with Crippen molar-refractivity contribution in [1.82, 2.24) is 5.32 Å². The van der Waals surface area contributed by atoms with Crippen LogP contribution in [0.4, 0.5) is 0 Å². The first-order valence-corrected chi connectivity index (χ1v) is 9.62. The number of aliphatic hydroxyl groups excluding tert-OH is 1. The molecule has 2 saturated heterocycles. The summed E-state index contributed by atoms with van der Waals surface area (Å²) in [4.78, 5) is 0. The summed E-state index contributed by atoms with van der Waals surface area (Å²) in [5.74, 6) is -0.506. The van der Waals surface area contributed by atoms with Gasteiger partial charge in [-0.25, -0.2) is 0 Å². The van der Waals surface area contributed by atoms with Crippen LogP contribution in [0.25, 0.3) is 0 Å². The number of hydrogen-bond acceptors (Lipinski definition) is 5. The summed E-state index contributed by atoms with van der Waals surface area (Å²) < 4.78 is 18.2. The molecule has 138 valence electrons. The SMILES string of the molecule is CC(Cc1ccccc1)NC[C@H]1O[C@@H]2OC3(CCCCC3)O[C@@H]2[C@H]1O. The van der Waals surface area contributed by atoms with Gasteiger partial charge in [-0.1, -0.05) is 36.8 Å². The maximum absolute atomic E-state index is 10.6. The maximum atomic E-state index is 10.6. The summed E-state index contributed by atoms with van der Waals surface area (Å²) in [5.41, 5.74) is 1.30. The zero-order valence-corrected chi connectivity index (χ0v) is 14.9. The van der Waals surface area contributed by atoms with Gasteiger partial charge in [-0.05, 0) is 31.7 Å². The molecule has 1 unspecified atom stereocenters. The van der Waals surface area contributed by atoms with Crippen LogP contribution < -0.4 is 5.32 Å². The second kappa shape index (κ2) is 7.33. The molecule has 2 heterocycles. The van der Waals surface area contributed by atoms with Gasteiger partial charge in [0.25, 0.3) is 0 Å². The highest BCUT2D eigenvalue weighted by Gasteiger charge is 2.57. The van der Waals surface area contributed by atoms with Crippen molar-refractivity contribution in [3.63, 3.8) is 0 Å². The Kier molecular flexibility index (Phi) is 5.11. The van der Waals surface area contributed by atoms with Crippen molar-refractivity contribution in [3.05, 3.63) is 35.9 Å². The Hall–Kier alpha value is -0.980. The molecule has 0 amide bonds. The van der Waals surface area contributed by atoms with Gasteiger partial charge in [0.1, 0.15) is 18.3 Å². The fourth-order valence-electron chi connectivity index (χ4n) is 4.26. The van der Waals surface area contributed by atoms with Crippen molar-refractivity contribution < 1.29 is 19.3 Å². The molecular weight excluding hydrogens is 318 g/mol. The third kappa shape index (κ3) is 3.76. The molecular formula is C20H29NO4. The van der Waals surface area contributed by atoms with E-state index in [0.717, 1.165) is 32.1 Å². The first-order chi connectivity index (χ1) is 12.2. The molecule has 1 spiro atoms. The third-order valence-electron chi connectivity index (χ3n) is 5.64. The van der Waals surface area contributed by atoms with E-state index >= 15 is 0 Å². The first-order valence-electron chi connectivity index (χ1n) is 9.62. The molecule has 2 aliphatic heterocycles.